The van der Waals surface area contributed by atoms with E-state index in [1.165, 1.54) is 0 Å². The first-order valence-corrected chi connectivity index (χ1v) is 3.65. The van der Waals surface area contributed by atoms with Gasteiger partial charge in [-0.15, -0.1) is 0 Å². The molecule has 0 radical (unpaired) electrons. The van der Waals surface area contributed by atoms with Crippen LogP contribution in [0.25, 0.3) is 0 Å². The molecule has 3 heteroatoms. The number of aliphatic hydroxyl groups is 1. The summed E-state index contributed by atoms with van der Waals surface area (Å²) in [6, 6.07) is 0. The molecule has 0 unspecified atom stereocenters. The molecular weight excluding hydrogens is 130 g/mol. The molecule has 0 rings (SSSR count). The van der Waals surface area contributed by atoms with E-state index in [1.54, 1.807) is 14.0 Å². The van der Waals surface area contributed by atoms with E-state index < -0.39 is 0 Å². The third-order valence-corrected chi connectivity index (χ3v) is 1.22. The zero-order valence-corrected chi connectivity index (χ0v) is 6.76. The van der Waals surface area contributed by atoms with Crippen molar-refractivity contribution in [3.63, 3.8) is 0 Å². The molecule has 0 aromatic rings. The highest BCUT2D eigenvalue weighted by Crippen LogP contribution is 1.84. The number of ether oxygens (including phenoxy) is 1. The third-order valence-electron chi connectivity index (χ3n) is 1.22. The lowest BCUT2D eigenvalue weighted by Gasteiger charge is -2.04. The molecule has 10 heavy (non-hydrogen) atoms. The summed E-state index contributed by atoms with van der Waals surface area (Å²) in [4.78, 5) is 0. The van der Waals surface area contributed by atoms with Gasteiger partial charge in [0.05, 0.1) is 12.7 Å². The summed E-state index contributed by atoms with van der Waals surface area (Å²) < 4.78 is 4.82. The predicted molar refractivity (Wildman–Crippen MR) is 41.0 cm³/mol. The molecule has 0 aliphatic heterocycles. The lowest BCUT2D eigenvalue weighted by atomic mass is 10.3. The van der Waals surface area contributed by atoms with Crippen molar-refractivity contribution in [1.82, 2.24) is 5.32 Å². The van der Waals surface area contributed by atoms with Gasteiger partial charge >= 0.3 is 0 Å². The van der Waals surface area contributed by atoms with Gasteiger partial charge in [0.15, 0.2) is 0 Å². The van der Waals surface area contributed by atoms with Crippen molar-refractivity contribution in [2.75, 3.05) is 26.8 Å². The minimum atomic E-state index is -0.199. The van der Waals surface area contributed by atoms with E-state index in [2.05, 4.69) is 5.32 Å². The van der Waals surface area contributed by atoms with Crippen LogP contribution in [0.2, 0.25) is 0 Å². The Hall–Kier alpha value is -0.120. The van der Waals surface area contributed by atoms with Gasteiger partial charge in [-0.2, -0.15) is 0 Å². The topological polar surface area (TPSA) is 41.5 Å². The lowest BCUT2D eigenvalue weighted by Crippen LogP contribution is -2.22. The fraction of sp³-hybridized carbons (Fsp3) is 1.00. The number of aliphatic hydroxyl groups excluding tert-OH is 1. The standard InChI is InChI=1S/C7H17NO2/c1-7(9)3-4-8-5-6-10-2/h7-9H,3-6H2,1-2H3/t7-/m0/s1. The number of rotatable bonds is 6. The molecule has 0 fully saturated rings. The van der Waals surface area contributed by atoms with Gasteiger partial charge in [-0.25, -0.2) is 0 Å². The van der Waals surface area contributed by atoms with Crippen molar-refractivity contribution in [3.05, 3.63) is 0 Å². The first-order chi connectivity index (χ1) is 4.77. The first-order valence-electron chi connectivity index (χ1n) is 3.65. The fourth-order valence-corrected chi connectivity index (χ4v) is 0.610. The van der Waals surface area contributed by atoms with Crippen LogP contribution in [0.4, 0.5) is 0 Å². The summed E-state index contributed by atoms with van der Waals surface area (Å²) in [6.07, 6.45) is 0.610. The number of hydrogen-bond donors (Lipinski definition) is 2. The molecule has 0 aliphatic rings. The Morgan fingerprint density at radius 1 is 1.50 bits per heavy atom. The fourth-order valence-electron chi connectivity index (χ4n) is 0.610. The van der Waals surface area contributed by atoms with Crippen LogP contribution in [0.1, 0.15) is 13.3 Å². The summed E-state index contributed by atoms with van der Waals surface area (Å²) in [5.74, 6) is 0. The first kappa shape index (κ1) is 9.88. The highest BCUT2D eigenvalue weighted by molar-refractivity contribution is 4.50. The summed E-state index contributed by atoms with van der Waals surface area (Å²) in [6.45, 7) is 4.25. The average molecular weight is 147 g/mol. The maximum atomic E-state index is 8.84. The molecule has 0 amide bonds. The van der Waals surface area contributed by atoms with Gasteiger partial charge in [0.2, 0.25) is 0 Å². The van der Waals surface area contributed by atoms with Gasteiger partial charge < -0.3 is 15.2 Å². The van der Waals surface area contributed by atoms with Crippen molar-refractivity contribution < 1.29 is 9.84 Å². The van der Waals surface area contributed by atoms with Crippen LogP contribution >= 0.6 is 0 Å². The molecule has 0 saturated carbocycles. The van der Waals surface area contributed by atoms with E-state index in [4.69, 9.17) is 9.84 Å². The minimum absolute atomic E-state index is 0.199. The van der Waals surface area contributed by atoms with Crippen LogP contribution < -0.4 is 5.32 Å². The molecule has 3 nitrogen and oxygen atoms in total. The van der Waals surface area contributed by atoms with Gasteiger partial charge in [0.1, 0.15) is 0 Å². The third kappa shape index (κ3) is 7.88. The second-order valence-electron chi connectivity index (χ2n) is 2.38. The molecule has 2 N–H and O–H groups in total. The maximum Gasteiger partial charge on any atom is 0.0587 e. The highest BCUT2D eigenvalue weighted by atomic mass is 16.5. The Kier molecular flexibility index (Phi) is 6.91. The highest BCUT2D eigenvalue weighted by Gasteiger charge is 1.92. The zero-order valence-electron chi connectivity index (χ0n) is 6.76. The van der Waals surface area contributed by atoms with Crippen LogP contribution in [-0.4, -0.2) is 38.0 Å². The van der Waals surface area contributed by atoms with E-state index in [0.29, 0.717) is 0 Å². The van der Waals surface area contributed by atoms with Crippen molar-refractivity contribution in [2.45, 2.75) is 19.4 Å². The SMILES string of the molecule is COCCNCC[C@H](C)O. The summed E-state index contributed by atoms with van der Waals surface area (Å²) in [5, 5.41) is 12.0. The molecule has 0 bridgehead atoms. The van der Waals surface area contributed by atoms with Crippen LogP contribution in [0.5, 0.6) is 0 Å². The largest absolute Gasteiger partial charge is 0.393 e. The van der Waals surface area contributed by atoms with Gasteiger partial charge in [-0.05, 0) is 19.9 Å². The smallest absolute Gasteiger partial charge is 0.0587 e. The second-order valence-corrected chi connectivity index (χ2v) is 2.38. The molecule has 0 saturated heterocycles. The molecule has 0 aromatic heterocycles. The normalized spacial score (nSPS) is 13.5. The molecule has 1 atom stereocenters. The van der Waals surface area contributed by atoms with Gasteiger partial charge in [-0.1, -0.05) is 0 Å². The second kappa shape index (κ2) is 6.99. The number of hydrogen-bond acceptors (Lipinski definition) is 3. The molecule has 62 valence electrons. The van der Waals surface area contributed by atoms with Crippen LogP contribution in [-0.2, 0) is 4.74 Å². The molecule has 0 aliphatic carbocycles. The molecule has 0 spiro atoms. The molecular formula is C7H17NO2. The number of nitrogens with one attached hydrogen (secondary N) is 1. The summed E-state index contributed by atoms with van der Waals surface area (Å²) in [7, 11) is 1.68. The van der Waals surface area contributed by atoms with E-state index in [1.807, 2.05) is 0 Å². The van der Waals surface area contributed by atoms with Gasteiger partial charge in [0.25, 0.3) is 0 Å². The van der Waals surface area contributed by atoms with Gasteiger partial charge in [0, 0.05) is 13.7 Å². The molecule has 0 heterocycles. The number of methoxy groups -OCH3 is 1. The van der Waals surface area contributed by atoms with E-state index in [0.717, 1.165) is 26.1 Å². The van der Waals surface area contributed by atoms with Crippen LogP contribution in [0.3, 0.4) is 0 Å². The zero-order chi connectivity index (χ0) is 7.82. The van der Waals surface area contributed by atoms with E-state index >= 15 is 0 Å². The maximum absolute atomic E-state index is 8.84. The van der Waals surface area contributed by atoms with Gasteiger partial charge in [-0.3, -0.25) is 0 Å². The van der Waals surface area contributed by atoms with E-state index in [9.17, 15) is 0 Å². The van der Waals surface area contributed by atoms with Crippen molar-refractivity contribution >= 4 is 0 Å². The predicted octanol–water partition coefficient (Wildman–Crippen LogP) is -0.00670. The Labute approximate surface area is 62.4 Å². The Morgan fingerprint density at radius 3 is 2.70 bits per heavy atom. The van der Waals surface area contributed by atoms with Crippen LogP contribution in [0, 0.1) is 0 Å². The Bertz CT molecular complexity index is 66.6. The minimum Gasteiger partial charge on any atom is -0.393 e. The summed E-state index contributed by atoms with van der Waals surface area (Å²) >= 11 is 0. The van der Waals surface area contributed by atoms with Crippen molar-refractivity contribution in [2.24, 2.45) is 0 Å². The summed E-state index contributed by atoms with van der Waals surface area (Å²) in [5.41, 5.74) is 0. The van der Waals surface area contributed by atoms with Crippen molar-refractivity contribution in [3.8, 4) is 0 Å². The van der Waals surface area contributed by atoms with Crippen molar-refractivity contribution in [1.29, 1.82) is 0 Å². The average Bonchev–Trinajstić information content (AvgIpc) is 1.87. The quantitative estimate of drug-likeness (QED) is 0.519. The van der Waals surface area contributed by atoms with E-state index in [-0.39, 0.29) is 6.10 Å². The monoisotopic (exact) mass is 147 g/mol. The molecule has 0 aromatic carbocycles. The lowest BCUT2D eigenvalue weighted by molar-refractivity contribution is 0.176. The Morgan fingerprint density at radius 2 is 2.20 bits per heavy atom. The Balaban J connectivity index is 2.77. The van der Waals surface area contributed by atoms with Crippen LogP contribution in [0.15, 0.2) is 0 Å².